The zero-order valence-electron chi connectivity index (χ0n) is 14.8. The molecule has 0 spiro atoms. The number of amides is 1. The van der Waals surface area contributed by atoms with E-state index < -0.39 is 4.32 Å². The first-order chi connectivity index (χ1) is 10.3. The molecule has 0 saturated carbocycles. The number of carbonyl (C=O) groups is 1. The normalized spacial score (nSPS) is 14.1. The molecule has 0 aromatic heterocycles. The van der Waals surface area contributed by atoms with E-state index in [1.807, 2.05) is 11.8 Å². The number of halogens is 2. The van der Waals surface area contributed by atoms with Crippen molar-refractivity contribution in [3.05, 3.63) is 0 Å². The number of nitrogens with zero attached hydrogens (tertiary/aromatic N) is 2. The van der Waals surface area contributed by atoms with Gasteiger partial charge in [-0.3, -0.25) is 4.79 Å². The molecule has 0 aromatic rings. The number of hydrogen-bond donors (Lipinski definition) is 0. The third-order valence-electron chi connectivity index (χ3n) is 3.80. The van der Waals surface area contributed by atoms with Crippen LogP contribution in [0.25, 0.3) is 0 Å². The van der Waals surface area contributed by atoms with Gasteiger partial charge in [0.05, 0.1) is 0 Å². The Labute approximate surface area is 154 Å². The van der Waals surface area contributed by atoms with Gasteiger partial charge in [0, 0.05) is 18.4 Å². The zero-order chi connectivity index (χ0) is 17.0. The van der Waals surface area contributed by atoms with Gasteiger partial charge < -0.3 is 9.80 Å². The lowest BCUT2D eigenvalue weighted by molar-refractivity contribution is -0.132. The quantitative estimate of drug-likeness (QED) is 0.306. The first-order valence-corrected chi connectivity index (χ1v) is 10.5. The fourth-order valence-corrected chi connectivity index (χ4v) is 2.85. The van der Waals surface area contributed by atoms with Crippen molar-refractivity contribution < 1.29 is 4.79 Å². The summed E-state index contributed by atoms with van der Waals surface area (Å²) in [6.07, 6.45) is 8.59. The summed E-state index contributed by atoms with van der Waals surface area (Å²) in [5.41, 5.74) is 0. The molecule has 1 atom stereocenters. The molecule has 0 heterocycles. The van der Waals surface area contributed by atoms with Gasteiger partial charge in [0.15, 0.2) is 0 Å². The van der Waals surface area contributed by atoms with E-state index in [1.165, 1.54) is 32.1 Å². The summed E-state index contributed by atoms with van der Waals surface area (Å²) in [5, 5.41) is 0.638. The van der Waals surface area contributed by atoms with Crippen molar-refractivity contribution in [1.29, 1.82) is 0 Å². The minimum absolute atomic E-state index is 0.205. The van der Waals surface area contributed by atoms with Crippen LogP contribution in [0.4, 0.5) is 0 Å². The Kier molecular flexibility index (Phi) is 13.0. The Bertz CT molecular complexity index is 296. The van der Waals surface area contributed by atoms with Gasteiger partial charge in [-0.2, -0.15) is 0 Å². The monoisotopic (exact) mass is 440 g/mol. The van der Waals surface area contributed by atoms with Crippen LogP contribution < -0.4 is 0 Å². The van der Waals surface area contributed by atoms with Gasteiger partial charge in [-0.25, -0.2) is 0 Å². The van der Waals surface area contributed by atoms with Crippen LogP contribution in [-0.4, -0.2) is 59.1 Å². The molecule has 0 bridgehead atoms. The molecular formula is C17H34Br2N2O. The molecule has 5 heteroatoms. The predicted octanol–water partition coefficient (Wildman–Crippen LogP) is 4.68. The summed E-state index contributed by atoms with van der Waals surface area (Å²) in [4.78, 5) is 16.9. The fraction of sp³-hybridized carbons (Fsp3) is 0.941. The van der Waals surface area contributed by atoms with Crippen LogP contribution in [0.3, 0.4) is 0 Å². The molecular weight excluding hydrogens is 408 g/mol. The van der Waals surface area contributed by atoms with Gasteiger partial charge in [-0.1, -0.05) is 70.9 Å². The number of unbranched alkanes of at least 4 members (excludes halogenated alkanes) is 5. The summed E-state index contributed by atoms with van der Waals surface area (Å²) in [7, 11) is 4.15. The maximum absolute atomic E-state index is 12.7. The Morgan fingerprint density at radius 3 is 2.05 bits per heavy atom. The van der Waals surface area contributed by atoms with Crippen LogP contribution in [0, 0.1) is 0 Å². The Morgan fingerprint density at radius 1 is 0.955 bits per heavy atom. The van der Waals surface area contributed by atoms with Crippen molar-refractivity contribution in [3.8, 4) is 0 Å². The van der Waals surface area contributed by atoms with Crippen LogP contribution >= 0.6 is 31.9 Å². The molecule has 0 aliphatic heterocycles. The third kappa shape index (κ3) is 10.2. The second kappa shape index (κ2) is 12.8. The lowest BCUT2D eigenvalue weighted by Gasteiger charge is -2.30. The molecule has 0 rings (SSSR count). The Balaban J connectivity index is 4.31. The summed E-state index contributed by atoms with van der Waals surface area (Å²) in [6, 6.07) is 0. The van der Waals surface area contributed by atoms with Crippen molar-refractivity contribution in [3.63, 3.8) is 0 Å². The number of rotatable bonds is 13. The number of carbonyl (C=O) groups excluding carboxylic acids is 1. The van der Waals surface area contributed by atoms with Crippen LogP contribution in [0.5, 0.6) is 0 Å². The maximum Gasteiger partial charge on any atom is 0.240 e. The third-order valence-corrected chi connectivity index (χ3v) is 6.29. The van der Waals surface area contributed by atoms with Crippen LogP contribution in [0.15, 0.2) is 0 Å². The zero-order valence-corrected chi connectivity index (χ0v) is 18.0. The molecule has 3 nitrogen and oxygen atoms in total. The van der Waals surface area contributed by atoms with E-state index in [2.05, 4.69) is 57.8 Å². The van der Waals surface area contributed by atoms with Gasteiger partial charge in [0.1, 0.15) is 4.32 Å². The van der Waals surface area contributed by atoms with Crippen molar-refractivity contribution in [1.82, 2.24) is 9.80 Å². The lowest BCUT2D eigenvalue weighted by atomic mass is 10.1. The average molecular weight is 442 g/mol. The molecule has 0 radical (unpaired) electrons. The number of alkyl halides is 2. The molecule has 0 aromatic carbocycles. The Hall–Kier alpha value is 0.390. The molecule has 0 fully saturated rings. The molecule has 0 saturated heterocycles. The summed E-state index contributed by atoms with van der Waals surface area (Å²) in [6.45, 7) is 6.94. The van der Waals surface area contributed by atoms with E-state index in [1.54, 1.807) is 0 Å². The standard InChI is InChI=1S/C17H34Br2N2O/c1-5-6-7-8-9-10-13-21(14-11-12-20(3)4)16(22)17(2,19)15-18/h5-15H2,1-4H3. The minimum atomic E-state index is -0.493. The highest BCUT2D eigenvalue weighted by Crippen LogP contribution is 2.23. The van der Waals surface area contributed by atoms with Crippen molar-refractivity contribution in [2.24, 2.45) is 0 Å². The van der Waals surface area contributed by atoms with E-state index >= 15 is 0 Å². The van der Waals surface area contributed by atoms with Gasteiger partial charge in [-0.15, -0.1) is 0 Å². The highest BCUT2D eigenvalue weighted by atomic mass is 79.9. The van der Waals surface area contributed by atoms with Crippen LogP contribution in [-0.2, 0) is 4.79 Å². The van der Waals surface area contributed by atoms with Gasteiger partial charge >= 0.3 is 0 Å². The molecule has 22 heavy (non-hydrogen) atoms. The summed E-state index contributed by atoms with van der Waals surface area (Å²) in [5.74, 6) is 0.205. The van der Waals surface area contributed by atoms with Crippen molar-refractivity contribution >= 4 is 37.8 Å². The lowest BCUT2D eigenvalue weighted by Crippen LogP contribution is -2.45. The van der Waals surface area contributed by atoms with Gasteiger partial charge in [0.25, 0.3) is 0 Å². The highest BCUT2D eigenvalue weighted by molar-refractivity contribution is 9.12. The molecule has 132 valence electrons. The average Bonchev–Trinajstić information content (AvgIpc) is 2.47. The molecule has 0 aliphatic rings. The number of hydrogen-bond acceptors (Lipinski definition) is 2. The predicted molar refractivity (Wildman–Crippen MR) is 104 cm³/mol. The second-order valence-corrected chi connectivity index (χ2v) is 8.86. The molecule has 1 unspecified atom stereocenters. The fourth-order valence-electron chi connectivity index (χ4n) is 2.36. The second-order valence-electron chi connectivity index (χ2n) is 6.55. The van der Waals surface area contributed by atoms with Crippen LogP contribution in [0.1, 0.15) is 58.8 Å². The smallest absolute Gasteiger partial charge is 0.240 e. The molecule has 1 amide bonds. The first kappa shape index (κ1) is 22.4. The highest BCUT2D eigenvalue weighted by Gasteiger charge is 2.32. The molecule has 0 aliphatic carbocycles. The SMILES string of the molecule is CCCCCCCCN(CCCN(C)C)C(=O)C(C)(Br)CBr. The summed E-state index contributed by atoms with van der Waals surface area (Å²) >= 11 is 7.00. The Morgan fingerprint density at radius 2 is 1.50 bits per heavy atom. The van der Waals surface area contributed by atoms with E-state index in [-0.39, 0.29) is 5.91 Å². The van der Waals surface area contributed by atoms with E-state index in [0.717, 1.165) is 32.5 Å². The molecule has 0 N–H and O–H groups in total. The van der Waals surface area contributed by atoms with Gasteiger partial charge in [0.2, 0.25) is 5.91 Å². The van der Waals surface area contributed by atoms with Crippen LogP contribution in [0.2, 0.25) is 0 Å². The van der Waals surface area contributed by atoms with E-state index in [4.69, 9.17) is 0 Å². The van der Waals surface area contributed by atoms with E-state index in [0.29, 0.717) is 5.33 Å². The van der Waals surface area contributed by atoms with E-state index in [9.17, 15) is 4.79 Å². The minimum Gasteiger partial charge on any atom is -0.341 e. The first-order valence-electron chi connectivity index (χ1n) is 8.54. The van der Waals surface area contributed by atoms with Crippen molar-refractivity contribution in [2.75, 3.05) is 39.1 Å². The maximum atomic E-state index is 12.7. The largest absolute Gasteiger partial charge is 0.341 e. The topological polar surface area (TPSA) is 23.6 Å². The summed E-state index contributed by atoms with van der Waals surface area (Å²) < 4.78 is -0.493. The van der Waals surface area contributed by atoms with Crippen molar-refractivity contribution in [2.45, 2.75) is 63.1 Å². The van der Waals surface area contributed by atoms with Gasteiger partial charge in [-0.05, 0) is 40.4 Å².